The summed E-state index contributed by atoms with van der Waals surface area (Å²) in [6.45, 7) is 0.260. The Labute approximate surface area is 171 Å². The van der Waals surface area contributed by atoms with Crippen molar-refractivity contribution in [2.45, 2.75) is 17.9 Å². The molecule has 0 bridgehead atoms. The van der Waals surface area contributed by atoms with Gasteiger partial charge in [0.15, 0.2) is 0 Å². The first-order valence-corrected chi connectivity index (χ1v) is 10.7. The van der Waals surface area contributed by atoms with Crippen molar-refractivity contribution in [2.24, 2.45) is 0 Å². The largest absolute Gasteiger partial charge is 0.351 e. The van der Waals surface area contributed by atoms with Gasteiger partial charge < -0.3 is 5.32 Å². The van der Waals surface area contributed by atoms with Crippen LogP contribution in [-0.4, -0.2) is 36.7 Å². The van der Waals surface area contributed by atoms with Crippen LogP contribution in [0.15, 0.2) is 90.1 Å². The normalized spacial score (nSPS) is 11.3. The van der Waals surface area contributed by atoms with Crippen molar-refractivity contribution in [3.05, 3.63) is 96.3 Å². The van der Waals surface area contributed by atoms with E-state index in [2.05, 4.69) is 10.3 Å². The molecule has 150 valence electrons. The van der Waals surface area contributed by atoms with E-state index in [0.29, 0.717) is 13.0 Å². The SMILES string of the molecule is O=C(CN(CCc1ccccc1)S(=O)(=O)c1ccccc1)NCc1cccnc1. The molecular weight excluding hydrogens is 386 g/mol. The number of carbonyl (C=O) groups is 1. The fourth-order valence-electron chi connectivity index (χ4n) is 2.84. The Morgan fingerprint density at radius 3 is 2.21 bits per heavy atom. The van der Waals surface area contributed by atoms with Crippen molar-refractivity contribution in [1.82, 2.24) is 14.6 Å². The van der Waals surface area contributed by atoms with Crippen molar-refractivity contribution in [2.75, 3.05) is 13.1 Å². The molecule has 3 aromatic rings. The van der Waals surface area contributed by atoms with Gasteiger partial charge in [0, 0.05) is 25.5 Å². The summed E-state index contributed by atoms with van der Waals surface area (Å²) in [5.74, 6) is -0.360. The molecule has 0 fully saturated rings. The Morgan fingerprint density at radius 1 is 0.897 bits per heavy atom. The topological polar surface area (TPSA) is 79.4 Å². The van der Waals surface area contributed by atoms with Gasteiger partial charge in [0.05, 0.1) is 11.4 Å². The lowest BCUT2D eigenvalue weighted by atomic mass is 10.1. The van der Waals surface area contributed by atoms with Crippen LogP contribution in [0.25, 0.3) is 0 Å². The van der Waals surface area contributed by atoms with Gasteiger partial charge in [-0.1, -0.05) is 54.6 Å². The number of benzene rings is 2. The fraction of sp³-hybridized carbons (Fsp3) is 0.182. The number of aromatic nitrogens is 1. The van der Waals surface area contributed by atoms with E-state index < -0.39 is 10.0 Å². The van der Waals surface area contributed by atoms with Crippen molar-refractivity contribution < 1.29 is 13.2 Å². The smallest absolute Gasteiger partial charge is 0.243 e. The number of hydrogen-bond acceptors (Lipinski definition) is 4. The van der Waals surface area contributed by atoms with Crippen LogP contribution in [0.4, 0.5) is 0 Å². The lowest BCUT2D eigenvalue weighted by molar-refractivity contribution is -0.121. The van der Waals surface area contributed by atoms with Crippen LogP contribution < -0.4 is 5.32 Å². The third kappa shape index (κ3) is 5.97. The minimum Gasteiger partial charge on any atom is -0.351 e. The molecule has 29 heavy (non-hydrogen) atoms. The van der Waals surface area contributed by atoms with E-state index in [0.717, 1.165) is 11.1 Å². The predicted molar refractivity (Wildman–Crippen MR) is 111 cm³/mol. The monoisotopic (exact) mass is 409 g/mol. The molecule has 7 heteroatoms. The Hall–Kier alpha value is -3.03. The minimum absolute atomic E-state index is 0.174. The second-order valence-corrected chi connectivity index (χ2v) is 8.46. The van der Waals surface area contributed by atoms with Gasteiger partial charge in [0.2, 0.25) is 15.9 Å². The highest BCUT2D eigenvalue weighted by molar-refractivity contribution is 7.89. The van der Waals surface area contributed by atoms with E-state index in [-0.39, 0.29) is 23.9 Å². The summed E-state index contributed by atoms with van der Waals surface area (Å²) < 4.78 is 27.4. The molecule has 0 aliphatic heterocycles. The Balaban J connectivity index is 1.72. The standard InChI is InChI=1S/C22H23N3O3S/c26-22(24-17-20-10-7-14-23-16-20)18-25(15-13-19-8-3-1-4-9-19)29(27,28)21-11-5-2-6-12-21/h1-12,14,16H,13,15,17-18H2,(H,24,26). The van der Waals surface area contributed by atoms with Crippen LogP contribution in [0.1, 0.15) is 11.1 Å². The summed E-state index contributed by atoms with van der Waals surface area (Å²) in [5, 5.41) is 2.77. The molecule has 0 spiro atoms. The molecule has 6 nitrogen and oxygen atoms in total. The van der Waals surface area contributed by atoms with Crippen LogP contribution in [-0.2, 0) is 27.8 Å². The van der Waals surface area contributed by atoms with Gasteiger partial charge in [-0.3, -0.25) is 9.78 Å². The molecule has 1 N–H and O–H groups in total. The third-order valence-electron chi connectivity index (χ3n) is 4.41. The fourth-order valence-corrected chi connectivity index (χ4v) is 4.26. The van der Waals surface area contributed by atoms with Crippen LogP contribution in [0.5, 0.6) is 0 Å². The number of hydrogen-bond donors (Lipinski definition) is 1. The maximum atomic E-state index is 13.1. The zero-order valence-electron chi connectivity index (χ0n) is 15.9. The van der Waals surface area contributed by atoms with Crippen molar-refractivity contribution in [3.63, 3.8) is 0 Å². The number of amides is 1. The number of pyridine rings is 1. The number of nitrogens with one attached hydrogen (secondary N) is 1. The van der Waals surface area contributed by atoms with E-state index in [1.54, 1.807) is 48.8 Å². The summed E-state index contributed by atoms with van der Waals surface area (Å²) in [6, 6.07) is 21.4. The molecule has 1 amide bonds. The highest BCUT2D eigenvalue weighted by atomic mass is 32.2. The number of sulfonamides is 1. The molecule has 1 heterocycles. The van der Waals surface area contributed by atoms with E-state index in [1.165, 1.54) is 4.31 Å². The van der Waals surface area contributed by atoms with Crippen LogP contribution in [0.2, 0.25) is 0 Å². The first-order valence-electron chi connectivity index (χ1n) is 9.30. The van der Waals surface area contributed by atoms with Gasteiger partial charge in [-0.15, -0.1) is 0 Å². The highest BCUT2D eigenvalue weighted by Gasteiger charge is 2.26. The van der Waals surface area contributed by atoms with E-state index in [1.807, 2.05) is 36.4 Å². The van der Waals surface area contributed by atoms with Gasteiger partial charge in [-0.25, -0.2) is 8.42 Å². The van der Waals surface area contributed by atoms with E-state index in [9.17, 15) is 13.2 Å². The van der Waals surface area contributed by atoms with Gasteiger partial charge >= 0.3 is 0 Å². The highest BCUT2D eigenvalue weighted by Crippen LogP contribution is 2.16. The van der Waals surface area contributed by atoms with Crippen molar-refractivity contribution in [3.8, 4) is 0 Å². The van der Waals surface area contributed by atoms with Crippen LogP contribution >= 0.6 is 0 Å². The Kier molecular flexibility index (Phi) is 7.10. The molecule has 0 unspecified atom stereocenters. The molecule has 0 saturated heterocycles. The quantitative estimate of drug-likeness (QED) is 0.589. The molecule has 0 saturated carbocycles. The molecule has 3 rings (SSSR count). The van der Waals surface area contributed by atoms with E-state index >= 15 is 0 Å². The molecule has 0 atom stereocenters. The third-order valence-corrected chi connectivity index (χ3v) is 6.27. The van der Waals surface area contributed by atoms with Gasteiger partial charge in [-0.2, -0.15) is 4.31 Å². The van der Waals surface area contributed by atoms with Crippen LogP contribution in [0.3, 0.4) is 0 Å². The Morgan fingerprint density at radius 2 is 1.55 bits per heavy atom. The molecule has 0 radical (unpaired) electrons. The van der Waals surface area contributed by atoms with Crippen LogP contribution in [0, 0.1) is 0 Å². The summed E-state index contributed by atoms with van der Waals surface area (Å²) in [6.07, 6.45) is 3.83. The number of nitrogens with zero attached hydrogens (tertiary/aromatic N) is 2. The Bertz CT molecular complexity index is 1010. The molecule has 0 aliphatic rings. The number of rotatable bonds is 9. The predicted octanol–water partition coefficient (Wildman–Crippen LogP) is 2.63. The van der Waals surface area contributed by atoms with Gasteiger partial charge in [0.25, 0.3) is 0 Å². The summed E-state index contributed by atoms with van der Waals surface area (Å²) in [4.78, 5) is 16.7. The molecule has 0 aliphatic carbocycles. The van der Waals surface area contributed by atoms with E-state index in [4.69, 9.17) is 0 Å². The molecule has 2 aromatic carbocycles. The average molecular weight is 410 g/mol. The maximum Gasteiger partial charge on any atom is 0.243 e. The lowest BCUT2D eigenvalue weighted by Crippen LogP contribution is -2.41. The zero-order chi connectivity index (χ0) is 20.5. The molecular formula is C22H23N3O3S. The van der Waals surface area contributed by atoms with Gasteiger partial charge in [-0.05, 0) is 35.7 Å². The summed E-state index contributed by atoms with van der Waals surface area (Å²) in [7, 11) is -3.79. The summed E-state index contributed by atoms with van der Waals surface area (Å²) >= 11 is 0. The first kappa shape index (κ1) is 20.7. The minimum atomic E-state index is -3.79. The first-order chi connectivity index (χ1) is 14.1. The average Bonchev–Trinajstić information content (AvgIpc) is 2.77. The van der Waals surface area contributed by atoms with Crippen molar-refractivity contribution in [1.29, 1.82) is 0 Å². The molecule has 1 aromatic heterocycles. The second-order valence-electron chi connectivity index (χ2n) is 6.53. The van der Waals surface area contributed by atoms with Gasteiger partial charge in [0.1, 0.15) is 0 Å². The zero-order valence-corrected chi connectivity index (χ0v) is 16.8. The lowest BCUT2D eigenvalue weighted by Gasteiger charge is -2.22. The number of carbonyl (C=O) groups excluding carboxylic acids is 1. The summed E-state index contributed by atoms with van der Waals surface area (Å²) in [5.41, 5.74) is 1.86. The second kappa shape index (κ2) is 9.95. The van der Waals surface area contributed by atoms with Crippen molar-refractivity contribution >= 4 is 15.9 Å². The maximum absolute atomic E-state index is 13.1.